The van der Waals surface area contributed by atoms with Crippen LogP contribution in [0.5, 0.6) is 0 Å². The molecule has 1 fully saturated rings. The predicted molar refractivity (Wildman–Crippen MR) is 55.5 cm³/mol. The lowest BCUT2D eigenvalue weighted by atomic mass is 10.2. The van der Waals surface area contributed by atoms with Crippen LogP contribution in [0.15, 0.2) is 0 Å². The molecule has 1 aliphatic heterocycles. The number of aliphatic hydroxyl groups excluding tert-OH is 1. The summed E-state index contributed by atoms with van der Waals surface area (Å²) in [6.07, 6.45) is 0.0287. The Labute approximate surface area is 91.4 Å². The zero-order valence-electron chi connectivity index (χ0n) is 8.10. The van der Waals surface area contributed by atoms with E-state index in [4.69, 9.17) is 10.2 Å². The summed E-state index contributed by atoms with van der Waals surface area (Å²) in [6.45, 7) is -0.260. The standard InChI is InChI=1S/C8H14N2O4S/c11-2-1-5(8(13)14)10-7(12)6-3-15-4-9-6/h5-6,9,11H,1-4H2,(H,10,12)(H,13,14)/t5-,6?/m1/s1. The van der Waals surface area contributed by atoms with Crippen LogP contribution in [0.3, 0.4) is 0 Å². The van der Waals surface area contributed by atoms with Crippen LogP contribution in [-0.4, -0.2) is 52.4 Å². The fourth-order valence-corrected chi connectivity index (χ4v) is 2.16. The second-order valence-electron chi connectivity index (χ2n) is 3.18. The number of rotatable bonds is 5. The number of carbonyl (C=O) groups is 2. The van der Waals surface area contributed by atoms with Crippen molar-refractivity contribution in [3.05, 3.63) is 0 Å². The zero-order valence-corrected chi connectivity index (χ0v) is 8.92. The number of thioether (sulfide) groups is 1. The number of carboxylic acid groups (broad SMARTS) is 1. The Kier molecular flexibility index (Phi) is 4.86. The number of aliphatic carboxylic acids is 1. The topological polar surface area (TPSA) is 98.7 Å². The summed E-state index contributed by atoms with van der Waals surface area (Å²) in [4.78, 5) is 22.2. The molecule has 0 aromatic heterocycles. The maximum absolute atomic E-state index is 11.5. The Morgan fingerprint density at radius 1 is 1.60 bits per heavy atom. The molecule has 7 heteroatoms. The largest absolute Gasteiger partial charge is 0.480 e. The summed E-state index contributed by atoms with van der Waals surface area (Å²) in [5.74, 6) is -0.0865. The molecule has 0 aromatic carbocycles. The molecule has 0 aromatic rings. The molecule has 0 aliphatic carbocycles. The third kappa shape index (κ3) is 3.69. The Bertz CT molecular complexity index is 243. The van der Waals surface area contributed by atoms with E-state index in [-0.39, 0.29) is 25.0 Å². The van der Waals surface area contributed by atoms with Gasteiger partial charge in [-0.3, -0.25) is 10.1 Å². The van der Waals surface area contributed by atoms with E-state index in [0.29, 0.717) is 11.6 Å². The van der Waals surface area contributed by atoms with Gasteiger partial charge in [0.15, 0.2) is 0 Å². The monoisotopic (exact) mass is 234 g/mol. The van der Waals surface area contributed by atoms with Gasteiger partial charge >= 0.3 is 5.97 Å². The van der Waals surface area contributed by atoms with Crippen molar-refractivity contribution in [3.63, 3.8) is 0 Å². The Morgan fingerprint density at radius 3 is 2.80 bits per heavy atom. The summed E-state index contributed by atoms with van der Waals surface area (Å²) >= 11 is 1.59. The molecule has 15 heavy (non-hydrogen) atoms. The highest BCUT2D eigenvalue weighted by Crippen LogP contribution is 2.09. The number of carboxylic acids is 1. The van der Waals surface area contributed by atoms with E-state index in [1.807, 2.05) is 0 Å². The zero-order chi connectivity index (χ0) is 11.3. The van der Waals surface area contributed by atoms with E-state index in [0.717, 1.165) is 0 Å². The van der Waals surface area contributed by atoms with E-state index in [1.54, 1.807) is 11.8 Å². The average Bonchev–Trinajstić information content (AvgIpc) is 2.69. The van der Waals surface area contributed by atoms with Gasteiger partial charge in [-0.15, -0.1) is 11.8 Å². The second-order valence-corrected chi connectivity index (χ2v) is 4.21. The Hall–Kier alpha value is -0.790. The summed E-state index contributed by atoms with van der Waals surface area (Å²) in [5, 5.41) is 22.7. The lowest BCUT2D eigenvalue weighted by Gasteiger charge is -2.16. The first-order valence-electron chi connectivity index (χ1n) is 4.60. The van der Waals surface area contributed by atoms with Crippen molar-refractivity contribution in [3.8, 4) is 0 Å². The highest BCUT2D eigenvalue weighted by molar-refractivity contribution is 7.99. The number of hydrogen-bond donors (Lipinski definition) is 4. The molecule has 1 unspecified atom stereocenters. The van der Waals surface area contributed by atoms with E-state index < -0.39 is 12.0 Å². The minimum Gasteiger partial charge on any atom is -0.480 e. The van der Waals surface area contributed by atoms with Gasteiger partial charge in [0.2, 0.25) is 5.91 Å². The predicted octanol–water partition coefficient (Wildman–Crippen LogP) is -1.40. The number of nitrogens with one attached hydrogen (secondary N) is 2. The number of amides is 1. The summed E-state index contributed by atoms with van der Waals surface area (Å²) in [7, 11) is 0. The molecule has 6 nitrogen and oxygen atoms in total. The van der Waals surface area contributed by atoms with Gasteiger partial charge in [0.25, 0.3) is 0 Å². The molecule has 0 saturated carbocycles. The molecular formula is C8H14N2O4S. The van der Waals surface area contributed by atoms with Gasteiger partial charge in [0.05, 0.1) is 6.04 Å². The highest BCUT2D eigenvalue weighted by Gasteiger charge is 2.26. The lowest BCUT2D eigenvalue weighted by Crippen LogP contribution is -2.49. The fraction of sp³-hybridized carbons (Fsp3) is 0.750. The fourth-order valence-electron chi connectivity index (χ4n) is 1.22. The molecule has 1 aliphatic rings. The van der Waals surface area contributed by atoms with Gasteiger partial charge in [-0.05, 0) is 0 Å². The maximum Gasteiger partial charge on any atom is 0.326 e. The van der Waals surface area contributed by atoms with Crippen molar-refractivity contribution in [1.82, 2.24) is 10.6 Å². The molecule has 4 N–H and O–H groups in total. The van der Waals surface area contributed by atoms with Crippen molar-refractivity contribution in [2.24, 2.45) is 0 Å². The Morgan fingerprint density at radius 2 is 2.33 bits per heavy atom. The molecule has 2 atom stereocenters. The number of carbonyl (C=O) groups excluding carboxylic acids is 1. The average molecular weight is 234 g/mol. The first kappa shape index (κ1) is 12.3. The molecule has 1 rings (SSSR count). The van der Waals surface area contributed by atoms with Crippen LogP contribution in [0.25, 0.3) is 0 Å². The van der Waals surface area contributed by atoms with E-state index in [2.05, 4.69) is 10.6 Å². The van der Waals surface area contributed by atoms with Crippen molar-refractivity contribution in [2.75, 3.05) is 18.2 Å². The molecule has 1 heterocycles. The molecular weight excluding hydrogens is 220 g/mol. The minimum absolute atomic E-state index is 0.0287. The van der Waals surface area contributed by atoms with Crippen LogP contribution in [0.2, 0.25) is 0 Å². The Balaban J connectivity index is 2.42. The van der Waals surface area contributed by atoms with Gasteiger partial charge in [-0.2, -0.15) is 0 Å². The third-order valence-electron chi connectivity index (χ3n) is 2.07. The SMILES string of the molecule is O=C(N[C@H](CCO)C(=O)O)C1CSCN1. The molecule has 0 bridgehead atoms. The van der Waals surface area contributed by atoms with Gasteiger partial charge in [-0.25, -0.2) is 4.79 Å². The normalized spacial score (nSPS) is 22.3. The number of hydrogen-bond acceptors (Lipinski definition) is 5. The molecule has 1 amide bonds. The van der Waals surface area contributed by atoms with Crippen molar-refractivity contribution in [1.29, 1.82) is 0 Å². The van der Waals surface area contributed by atoms with Crippen LogP contribution in [0, 0.1) is 0 Å². The van der Waals surface area contributed by atoms with Gasteiger partial charge in [0.1, 0.15) is 6.04 Å². The van der Waals surface area contributed by atoms with Crippen LogP contribution in [-0.2, 0) is 9.59 Å². The second kappa shape index (κ2) is 5.94. The van der Waals surface area contributed by atoms with Gasteiger partial charge < -0.3 is 15.5 Å². The maximum atomic E-state index is 11.5. The van der Waals surface area contributed by atoms with Crippen molar-refractivity contribution >= 4 is 23.6 Å². The van der Waals surface area contributed by atoms with Gasteiger partial charge in [0, 0.05) is 24.7 Å². The quantitative estimate of drug-likeness (QED) is 0.467. The first-order valence-corrected chi connectivity index (χ1v) is 5.75. The first-order chi connectivity index (χ1) is 7.15. The summed E-state index contributed by atoms with van der Waals surface area (Å²) in [6, 6.07) is -1.33. The van der Waals surface area contributed by atoms with Crippen LogP contribution in [0.4, 0.5) is 0 Å². The molecule has 1 saturated heterocycles. The van der Waals surface area contributed by atoms with Crippen LogP contribution in [0.1, 0.15) is 6.42 Å². The smallest absolute Gasteiger partial charge is 0.326 e. The summed E-state index contributed by atoms with van der Waals surface area (Å²) < 4.78 is 0. The van der Waals surface area contributed by atoms with E-state index >= 15 is 0 Å². The minimum atomic E-state index is -1.12. The molecule has 0 spiro atoms. The van der Waals surface area contributed by atoms with Crippen molar-refractivity contribution < 1.29 is 19.8 Å². The number of aliphatic hydroxyl groups is 1. The van der Waals surface area contributed by atoms with Crippen molar-refractivity contribution in [2.45, 2.75) is 18.5 Å². The van der Waals surface area contributed by atoms with E-state index in [1.165, 1.54) is 0 Å². The molecule has 86 valence electrons. The van der Waals surface area contributed by atoms with Gasteiger partial charge in [-0.1, -0.05) is 0 Å². The van der Waals surface area contributed by atoms with E-state index in [9.17, 15) is 9.59 Å². The summed E-state index contributed by atoms with van der Waals surface area (Å²) in [5.41, 5.74) is 0. The lowest BCUT2D eigenvalue weighted by molar-refractivity contribution is -0.142. The van der Waals surface area contributed by atoms with Crippen LogP contribution >= 0.6 is 11.8 Å². The third-order valence-corrected chi connectivity index (χ3v) is 3.00. The molecule has 0 radical (unpaired) electrons. The highest BCUT2D eigenvalue weighted by atomic mass is 32.2. The van der Waals surface area contributed by atoms with Crippen LogP contribution < -0.4 is 10.6 Å².